The van der Waals surface area contributed by atoms with Crippen LogP contribution in [0, 0.1) is 5.92 Å². The number of hydrogen-bond donors (Lipinski definition) is 2. The standard InChI is InChI=1S/C14H17BrN4O/c15-11-5-12(7-17-6-11)18-13-3-10(4-14(13)20)8-19-2-1-16-9-19/h1-2,5-7,9-10,13-14,18,20H,3-4,8H2/t10?,13-,14-/m1/s1. The molecule has 20 heavy (non-hydrogen) atoms. The van der Waals surface area contributed by atoms with Gasteiger partial charge in [0.15, 0.2) is 0 Å². The molecule has 0 saturated heterocycles. The Morgan fingerprint density at radius 3 is 3.00 bits per heavy atom. The largest absolute Gasteiger partial charge is 0.391 e. The zero-order chi connectivity index (χ0) is 13.9. The van der Waals surface area contributed by atoms with Crippen LogP contribution in [0.4, 0.5) is 5.69 Å². The molecule has 0 aromatic carbocycles. The lowest BCUT2D eigenvalue weighted by molar-refractivity contribution is 0.166. The monoisotopic (exact) mass is 336 g/mol. The second-order valence-electron chi connectivity index (χ2n) is 5.31. The van der Waals surface area contributed by atoms with E-state index in [2.05, 4.69) is 35.8 Å². The Hall–Kier alpha value is -1.40. The summed E-state index contributed by atoms with van der Waals surface area (Å²) in [6, 6.07) is 2.06. The normalized spacial score (nSPS) is 25.8. The first kappa shape index (κ1) is 13.6. The average Bonchev–Trinajstić information content (AvgIpc) is 3.01. The number of halogens is 1. The maximum Gasteiger partial charge on any atom is 0.0945 e. The Bertz CT molecular complexity index is 560. The first-order valence-corrected chi connectivity index (χ1v) is 7.51. The third-order valence-electron chi connectivity index (χ3n) is 3.71. The quantitative estimate of drug-likeness (QED) is 0.899. The van der Waals surface area contributed by atoms with Gasteiger partial charge in [-0.2, -0.15) is 0 Å². The first-order valence-electron chi connectivity index (χ1n) is 6.71. The predicted molar refractivity (Wildman–Crippen MR) is 80.3 cm³/mol. The summed E-state index contributed by atoms with van der Waals surface area (Å²) in [7, 11) is 0. The van der Waals surface area contributed by atoms with Crippen LogP contribution >= 0.6 is 15.9 Å². The van der Waals surface area contributed by atoms with Crippen LogP contribution in [0.1, 0.15) is 12.8 Å². The van der Waals surface area contributed by atoms with Gasteiger partial charge in [0.1, 0.15) is 0 Å². The summed E-state index contributed by atoms with van der Waals surface area (Å²) in [6.07, 6.45) is 10.6. The summed E-state index contributed by atoms with van der Waals surface area (Å²) < 4.78 is 3.01. The van der Waals surface area contributed by atoms with Gasteiger partial charge < -0.3 is 15.0 Å². The van der Waals surface area contributed by atoms with Crippen LogP contribution in [0.2, 0.25) is 0 Å². The number of hydrogen-bond acceptors (Lipinski definition) is 4. The minimum Gasteiger partial charge on any atom is -0.391 e. The van der Waals surface area contributed by atoms with E-state index in [1.54, 1.807) is 18.6 Å². The highest BCUT2D eigenvalue weighted by molar-refractivity contribution is 9.10. The molecular weight excluding hydrogens is 320 g/mol. The second-order valence-corrected chi connectivity index (χ2v) is 6.22. The molecule has 3 atom stereocenters. The van der Waals surface area contributed by atoms with Crippen LogP contribution in [0.5, 0.6) is 0 Å². The molecular formula is C14H17BrN4O. The van der Waals surface area contributed by atoms with Gasteiger partial charge in [-0.3, -0.25) is 4.98 Å². The van der Waals surface area contributed by atoms with E-state index in [0.29, 0.717) is 5.92 Å². The fourth-order valence-corrected chi connectivity index (χ4v) is 3.18. The van der Waals surface area contributed by atoms with E-state index in [1.807, 2.05) is 18.6 Å². The number of anilines is 1. The summed E-state index contributed by atoms with van der Waals surface area (Å²) in [6.45, 7) is 0.909. The smallest absolute Gasteiger partial charge is 0.0945 e. The molecule has 2 aromatic rings. The van der Waals surface area contributed by atoms with Crippen molar-refractivity contribution in [2.75, 3.05) is 5.32 Å². The van der Waals surface area contributed by atoms with E-state index in [0.717, 1.165) is 29.5 Å². The molecule has 0 aliphatic heterocycles. The van der Waals surface area contributed by atoms with E-state index in [1.165, 1.54) is 0 Å². The number of aliphatic hydroxyl groups excluding tert-OH is 1. The van der Waals surface area contributed by atoms with E-state index < -0.39 is 0 Å². The molecule has 2 N–H and O–H groups in total. The van der Waals surface area contributed by atoms with Gasteiger partial charge in [0, 0.05) is 29.6 Å². The Morgan fingerprint density at radius 2 is 2.25 bits per heavy atom. The van der Waals surface area contributed by atoms with Crippen LogP contribution < -0.4 is 5.32 Å². The Morgan fingerprint density at radius 1 is 1.35 bits per heavy atom. The van der Waals surface area contributed by atoms with Crippen molar-refractivity contribution in [2.45, 2.75) is 31.5 Å². The molecule has 2 aromatic heterocycles. The van der Waals surface area contributed by atoms with Crippen molar-refractivity contribution in [2.24, 2.45) is 5.92 Å². The summed E-state index contributed by atoms with van der Waals surface area (Å²) in [4.78, 5) is 8.18. The van der Waals surface area contributed by atoms with Crippen molar-refractivity contribution in [3.8, 4) is 0 Å². The fourth-order valence-electron chi connectivity index (χ4n) is 2.82. The minimum absolute atomic E-state index is 0.0830. The van der Waals surface area contributed by atoms with Gasteiger partial charge in [0.2, 0.25) is 0 Å². The third-order valence-corrected chi connectivity index (χ3v) is 4.15. The molecule has 6 heteroatoms. The molecule has 2 heterocycles. The van der Waals surface area contributed by atoms with Crippen molar-refractivity contribution in [3.63, 3.8) is 0 Å². The molecule has 1 saturated carbocycles. The number of rotatable bonds is 4. The predicted octanol–water partition coefficient (Wildman–Crippen LogP) is 2.29. The molecule has 0 spiro atoms. The molecule has 106 valence electrons. The number of imidazole rings is 1. The van der Waals surface area contributed by atoms with Gasteiger partial charge in [-0.15, -0.1) is 0 Å². The number of nitrogens with one attached hydrogen (secondary N) is 1. The SMILES string of the molecule is O[C@@H]1CC(Cn2ccnc2)C[C@H]1Nc1cncc(Br)c1. The minimum atomic E-state index is -0.317. The lowest BCUT2D eigenvalue weighted by Gasteiger charge is -2.17. The van der Waals surface area contributed by atoms with E-state index >= 15 is 0 Å². The Balaban J connectivity index is 1.61. The second kappa shape index (κ2) is 5.93. The fraction of sp³-hybridized carbons (Fsp3) is 0.429. The molecule has 1 unspecified atom stereocenters. The molecule has 0 amide bonds. The number of aliphatic hydroxyl groups is 1. The maximum absolute atomic E-state index is 10.2. The van der Waals surface area contributed by atoms with Crippen molar-refractivity contribution in [1.82, 2.24) is 14.5 Å². The number of aromatic nitrogens is 3. The Labute approximate surface area is 126 Å². The molecule has 0 bridgehead atoms. The molecule has 1 fully saturated rings. The first-order chi connectivity index (χ1) is 9.70. The maximum atomic E-state index is 10.2. The summed E-state index contributed by atoms with van der Waals surface area (Å²) in [5.74, 6) is 0.469. The van der Waals surface area contributed by atoms with E-state index in [9.17, 15) is 5.11 Å². The average molecular weight is 337 g/mol. The lowest BCUT2D eigenvalue weighted by Crippen LogP contribution is -2.27. The zero-order valence-electron chi connectivity index (χ0n) is 11.0. The van der Waals surface area contributed by atoms with Crippen molar-refractivity contribution in [1.29, 1.82) is 0 Å². The summed E-state index contributed by atoms with van der Waals surface area (Å²) >= 11 is 3.40. The molecule has 5 nitrogen and oxygen atoms in total. The number of nitrogens with zero attached hydrogens (tertiary/aromatic N) is 3. The van der Waals surface area contributed by atoms with Crippen LogP contribution in [-0.2, 0) is 6.54 Å². The third kappa shape index (κ3) is 3.19. The van der Waals surface area contributed by atoms with Gasteiger partial charge in [-0.25, -0.2) is 4.98 Å². The zero-order valence-corrected chi connectivity index (χ0v) is 12.6. The molecule has 3 rings (SSSR count). The number of pyridine rings is 1. The summed E-state index contributed by atoms with van der Waals surface area (Å²) in [5.41, 5.74) is 0.937. The van der Waals surface area contributed by atoms with Crippen LogP contribution in [0.3, 0.4) is 0 Å². The van der Waals surface area contributed by atoms with Crippen LogP contribution in [0.25, 0.3) is 0 Å². The van der Waals surface area contributed by atoms with Crippen molar-refractivity contribution in [3.05, 3.63) is 41.7 Å². The van der Waals surface area contributed by atoms with Gasteiger partial charge in [0.25, 0.3) is 0 Å². The highest BCUT2D eigenvalue weighted by Crippen LogP contribution is 2.30. The highest BCUT2D eigenvalue weighted by atomic mass is 79.9. The van der Waals surface area contributed by atoms with E-state index in [-0.39, 0.29) is 12.1 Å². The van der Waals surface area contributed by atoms with Crippen molar-refractivity contribution < 1.29 is 5.11 Å². The van der Waals surface area contributed by atoms with Crippen LogP contribution in [0.15, 0.2) is 41.7 Å². The van der Waals surface area contributed by atoms with Crippen molar-refractivity contribution >= 4 is 21.6 Å². The molecule has 1 aliphatic rings. The Kier molecular flexibility index (Phi) is 4.03. The van der Waals surface area contributed by atoms with E-state index in [4.69, 9.17) is 0 Å². The lowest BCUT2D eigenvalue weighted by atomic mass is 10.1. The molecule has 0 radical (unpaired) electrons. The van der Waals surface area contributed by atoms with Crippen LogP contribution in [-0.4, -0.2) is 31.8 Å². The van der Waals surface area contributed by atoms with Gasteiger partial charge in [0.05, 0.1) is 30.4 Å². The highest BCUT2D eigenvalue weighted by Gasteiger charge is 2.33. The van der Waals surface area contributed by atoms with Gasteiger partial charge >= 0.3 is 0 Å². The van der Waals surface area contributed by atoms with Gasteiger partial charge in [-0.05, 0) is 40.8 Å². The summed E-state index contributed by atoms with van der Waals surface area (Å²) in [5, 5.41) is 13.6. The topological polar surface area (TPSA) is 63.0 Å². The van der Waals surface area contributed by atoms with Gasteiger partial charge in [-0.1, -0.05) is 0 Å². The molecule has 1 aliphatic carbocycles.